The molecule has 4 heterocycles. The molecule has 1 aliphatic rings. The van der Waals surface area contributed by atoms with E-state index in [1.807, 2.05) is 18.6 Å². The zero-order valence-corrected chi connectivity index (χ0v) is 11.2. The van der Waals surface area contributed by atoms with E-state index in [-0.39, 0.29) is 0 Å². The number of benzene rings is 1. The predicted molar refractivity (Wildman–Crippen MR) is 80.1 cm³/mol. The number of aromatic nitrogens is 3. The van der Waals surface area contributed by atoms with Crippen molar-refractivity contribution >= 4 is 27.3 Å². The van der Waals surface area contributed by atoms with Crippen molar-refractivity contribution in [2.75, 3.05) is 0 Å². The predicted octanol–water partition coefficient (Wildman–Crippen LogP) is 3.44. The molecule has 0 amide bonds. The first-order chi connectivity index (χ1) is 9.84. The Labute approximate surface area is 115 Å². The Kier molecular flexibility index (Phi) is 1.75. The molecule has 3 nitrogen and oxygen atoms in total. The summed E-state index contributed by atoms with van der Waals surface area (Å²) in [7, 11) is 0. The van der Waals surface area contributed by atoms with E-state index in [0.717, 1.165) is 18.5 Å². The molecule has 3 aromatic heterocycles. The van der Waals surface area contributed by atoms with Gasteiger partial charge in [0, 0.05) is 40.4 Å². The molecule has 0 saturated carbocycles. The molecular formula is C17H13N3. The van der Waals surface area contributed by atoms with Gasteiger partial charge in [-0.15, -0.1) is 0 Å². The van der Waals surface area contributed by atoms with Crippen LogP contribution >= 0.6 is 0 Å². The maximum Gasteiger partial charge on any atom is 0.145 e. The van der Waals surface area contributed by atoms with Gasteiger partial charge in [0.25, 0.3) is 0 Å². The van der Waals surface area contributed by atoms with Crippen molar-refractivity contribution in [2.45, 2.75) is 19.8 Å². The Balaban J connectivity index is 2.28. The van der Waals surface area contributed by atoms with Gasteiger partial charge in [-0.1, -0.05) is 12.1 Å². The highest BCUT2D eigenvalue weighted by molar-refractivity contribution is 6.13. The smallest absolute Gasteiger partial charge is 0.145 e. The summed E-state index contributed by atoms with van der Waals surface area (Å²) in [5, 5.41) is 3.74. The van der Waals surface area contributed by atoms with Gasteiger partial charge in [-0.2, -0.15) is 0 Å². The minimum Gasteiger partial charge on any atom is -0.296 e. The fraction of sp³-hybridized carbons (Fsp3) is 0.176. The first kappa shape index (κ1) is 10.4. The van der Waals surface area contributed by atoms with Crippen LogP contribution in [-0.4, -0.2) is 14.4 Å². The second kappa shape index (κ2) is 3.37. The van der Waals surface area contributed by atoms with Crippen LogP contribution in [0.15, 0.2) is 36.8 Å². The first-order valence-corrected chi connectivity index (χ1v) is 6.99. The molecule has 4 aromatic rings. The molecule has 0 aliphatic carbocycles. The Bertz CT molecular complexity index is 1010. The van der Waals surface area contributed by atoms with Crippen molar-refractivity contribution in [3.8, 4) is 0 Å². The number of fused-ring (bicyclic) bond motifs is 3. The Hall–Kier alpha value is -2.42. The molecule has 1 aromatic carbocycles. The second-order valence-corrected chi connectivity index (χ2v) is 5.60. The van der Waals surface area contributed by atoms with E-state index in [1.165, 1.54) is 38.5 Å². The molecule has 0 spiro atoms. The quantitative estimate of drug-likeness (QED) is 0.453. The van der Waals surface area contributed by atoms with E-state index in [0.29, 0.717) is 0 Å². The molecule has 0 unspecified atom stereocenters. The summed E-state index contributed by atoms with van der Waals surface area (Å²) in [5.74, 6) is 0. The van der Waals surface area contributed by atoms with Gasteiger partial charge < -0.3 is 0 Å². The highest BCUT2D eigenvalue weighted by Crippen LogP contribution is 2.35. The van der Waals surface area contributed by atoms with Gasteiger partial charge in [0.05, 0.1) is 5.52 Å². The second-order valence-electron chi connectivity index (χ2n) is 5.60. The van der Waals surface area contributed by atoms with E-state index in [9.17, 15) is 0 Å². The summed E-state index contributed by atoms with van der Waals surface area (Å²) < 4.78 is 2.35. The molecule has 5 rings (SSSR count). The fourth-order valence-electron chi connectivity index (χ4n) is 3.59. The summed E-state index contributed by atoms with van der Waals surface area (Å²) in [6, 6.07) is 6.58. The van der Waals surface area contributed by atoms with Crippen LogP contribution in [0.25, 0.3) is 27.3 Å². The highest BCUT2D eigenvalue weighted by Gasteiger charge is 2.20. The summed E-state index contributed by atoms with van der Waals surface area (Å²) in [4.78, 5) is 8.99. The maximum atomic E-state index is 4.67. The summed E-state index contributed by atoms with van der Waals surface area (Å²) >= 11 is 0. The lowest BCUT2D eigenvalue weighted by molar-refractivity contribution is 0.876. The molecule has 3 heteroatoms. The van der Waals surface area contributed by atoms with Gasteiger partial charge in [0.1, 0.15) is 5.65 Å². The van der Waals surface area contributed by atoms with Crippen molar-refractivity contribution in [1.82, 2.24) is 14.4 Å². The van der Waals surface area contributed by atoms with Crippen LogP contribution in [0.2, 0.25) is 0 Å². The summed E-state index contributed by atoms with van der Waals surface area (Å²) in [6.45, 7) is 2.18. The number of nitrogens with zero attached hydrogens (tertiary/aromatic N) is 3. The largest absolute Gasteiger partial charge is 0.296 e. The molecule has 0 bridgehead atoms. The molecule has 1 aliphatic heterocycles. The van der Waals surface area contributed by atoms with Crippen LogP contribution in [0.5, 0.6) is 0 Å². The number of rotatable bonds is 0. The van der Waals surface area contributed by atoms with E-state index < -0.39 is 0 Å². The van der Waals surface area contributed by atoms with E-state index >= 15 is 0 Å². The van der Waals surface area contributed by atoms with Gasteiger partial charge in [-0.3, -0.25) is 9.38 Å². The van der Waals surface area contributed by atoms with Crippen LogP contribution in [0.3, 0.4) is 0 Å². The fourth-order valence-corrected chi connectivity index (χ4v) is 3.59. The molecule has 0 fully saturated rings. The monoisotopic (exact) mass is 259 g/mol. The molecule has 0 atom stereocenters. The topological polar surface area (TPSA) is 30.2 Å². The van der Waals surface area contributed by atoms with Gasteiger partial charge in [-0.25, -0.2) is 4.98 Å². The van der Waals surface area contributed by atoms with E-state index in [4.69, 9.17) is 0 Å². The van der Waals surface area contributed by atoms with Crippen LogP contribution < -0.4 is 0 Å². The lowest BCUT2D eigenvalue weighted by Crippen LogP contribution is -2.07. The van der Waals surface area contributed by atoms with Crippen molar-refractivity contribution in [1.29, 1.82) is 0 Å². The summed E-state index contributed by atoms with van der Waals surface area (Å²) in [5.41, 5.74) is 6.45. The van der Waals surface area contributed by atoms with Crippen LogP contribution in [0.1, 0.15) is 16.8 Å². The molecule has 20 heavy (non-hydrogen) atoms. The minimum atomic E-state index is 1.07. The third kappa shape index (κ3) is 1.07. The van der Waals surface area contributed by atoms with Crippen LogP contribution in [-0.2, 0) is 12.8 Å². The lowest BCUT2D eigenvalue weighted by atomic mass is 9.95. The lowest BCUT2D eigenvalue weighted by Gasteiger charge is -2.19. The third-order valence-electron chi connectivity index (χ3n) is 4.51. The van der Waals surface area contributed by atoms with Crippen molar-refractivity contribution < 1.29 is 0 Å². The number of imidazole rings is 1. The molecular weight excluding hydrogens is 246 g/mol. The number of hydrogen-bond donors (Lipinski definition) is 0. The Morgan fingerprint density at radius 2 is 2.00 bits per heavy atom. The van der Waals surface area contributed by atoms with Gasteiger partial charge in [0.15, 0.2) is 0 Å². The number of aryl methyl sites for hydroxylation is 3. The highest BCUT2D eigenvalue weighted by atomic mass is 15.0. The minimum absolute atomic E-state index is 1.07. The average Bonchev–Trinajstić information content (AvgIpc) is 2.92. The normalized spacial score (nSPS) is 13.8. The van der Waals surface area contributed by atoms with Crippen molar-refractivity contribution in [3.63, 3.8) is 0 Å². The molecule has 0 radical (unpaired) electrons. The number of hydrogen-bond acceptors (Lipinski definition) is 2. The Morgan fingerprint density at radius 3 is 2.95 bits per heavy atom. The SMILES string of the molecule is Cc1ccc2c3c1c1cnccc1c1ncc(n13)CC2. The molecule has 0 saturated heterocycles. The maximum absolute atomic E-state index is 4.67. The van der Waals surface area contributed by atoms with Gasteiger partial charge in [-0.05, 0) is 37.0 Å². The Morgan fingerprint density at radius 1 is 1.05 bits per heavy atom. The van der Waals surface area contributed by atoms with E-state index in [2.05, 4.69) is 39.5 Å². The first-order valence-electron chi connectivity index (χ1n) is 6.99. The zero-order valence-electron chi connectivity index (χ0n) is 11.2. The zero-order chi connectivity index (χ0) is 13.3. The number of pyridine rings is 2. The van der Waals surface area contributed by atoms with Gasteiger partial charge in [0.2, 0.25) is 0 Å². The van der Waals surface area contributed by atoms with Crippen LogP contribution in [0, 0.1) is 6.92 Å². The van der Waals surface area contributed by atoms with Gasteiger partial charge >= 0.3 is 0 Å². The molecule has 0 N–H and O–H groups in total. The van der Waals surface area contributed by atoms with Crippen molar-refractivity contribution in [2.24, 2.45) is 0 Å². The molecule has 96 valence electrons. The average molecular weight is 259 g/mol. The third-order valence-corrected chi connectivity index (χ3v) is 4.51. The van der Waals surface area contributed by atoms with Crippen molar-refractivity contribution in [3.05, 3.63) is 53.6 Å². The van der Waals surface area contributed by atoms with E-state index in [1.54, 1.807) is 0 Å². The standard InChI is InChI=1S/C17H13N3/c1-10-2-3-11-4-5-12-8-19-17-13-6-7-18-9-14(13)15(10)16(11)20(12)17/h2-3,6-9H,4-5H2,1H3. The summed E-state index contributed by atoms with van der Waals surface area (Å²) in [6.07, 6.45) is 8.03. The van der Waals surface area contributed by atoms with Crippen LogP contribution in [0.4, 0.5) is 0 Å².